The van der Waals surface area contributed by atoms with Gasteiger partial charge in [0, 0.05) is 23.7 Å². The smallest absolute Gasteiger partial charge is 0.251 e. The van der Waals surface area contributed by atoms with E-state index in [4.69, 9.17) is 11.6 Å². The molecule has 1 aromatic carbocycles. The summed E-state index contributed by atoms with van der Waals surface area (Å²) >= 11 is 5.85. The van der Waals surface area contributed by atoms with E-state index in [1.165, 1.54) is 5.57 Å². The average molecular weight is 265 g/mol. The van der Waals surface area contributed by atoms with Gasteiger partial charge in [0.15, 0.2) is 0 Å². The van der Waals surface area contributed by atoms with Crippen molar-refractivity contribution in [2.24, 2.45) is 0 Å². The van der Waals surface area contributed by atoms with Crippen LogP contribution in [0.25, 0.3) is 0 Å². The molecule has 0 atom stereocenters. The first-order valence-electron chi connectivity index (χ1n) is 6.18. The minimum atomic E-state index is -0.0629. The number of nitrogens with one attached hydrogen (secondary N) is 2. The van der Waals surface area contributed by atoms with Gasteiger partial charge >= 0.3 is 0 Å². The largest absolute Gasteiger partial charge is 0.352 e. The highest BCUT2D eigenvalue weighted by molar-refractivity contribution is 6.30. The van der Waals surface area contributed by atoms with Crippen LogP contribution in [-0.2, 0) is 0 Å². The molecule has 0 aromatic heterocycles. The summed E-state index contributed by atoms with van der Waals surface area (Å²) in [6.45, 7) is 2.66. The first-order valence-corrected chi connectivity index (χ1v) is 6.56. The lowest BCUT2D eigenvalue weighted by atomic mass is 10.1. The van der Waals surface area contributed by atoms with Gasteiger partial charge in [0.05, 0.1) is 0 Å². The Bertz CT molecular complexity index is 457. The van der Waals surface area contributed by atoms with Gasteiger partial charge in [-0.05, 0) is 37.6 Å². The molecular weight excluding hydrogens is 248 g/mol. The summed E-state index contributed by atoms with van der Waals surface area (Å²) in [6, 6.07) is 7.00. The third-order valence-corrected chi connectivity index (χ3v) is 3.21. The van der Waals surface area contributed by atoms with Crippen molar-refractivity contribution in [3.8, 4) is 0 Å². The fourth-order valence-electron chi connectivity index (χ4n) is 1.97. The van der Waals surface area contributed by atoms with Crippen molar-refractivity contribution < 1.29 is 4.79 Å². The molecular formula is C14H17ClN2O. The molecule has 3 nitrogen and oxygen atoms in total. The Kier molecular flexibility index (Phi) is 4.79. The van der Waals surface area contributed by atoms with Crippen molar-refractivity contribution in [3.05, 3.63) is 46.5 Å². The number of halogens is 1. The molecule has 1 aromatic rings. The van der Waals surface area contributed by atoms with Crippen LogP contribution in [0.15, 0.2) is 35.9 Å². The number of benzene rings is 1. The number of hydrogen-bond acceptors (Lipinski definition) is 2. The molecule has 0 saturated carbocycles. The van der Waals surface area contributed by atoms with Gasteiger partial charge in [-0.25, -0.2) is 0 Å². The van der Waals surface area contributed by atoms with E-state index in [1.54, 1.807) is 24.3 Å². The Morgan fingerprint density at radius 1 is 1.44 bits per heavy atom. The summed E-state index contributed by atoms with van der Waals surface area (Å²) in [5.41, 5.74) is 2.03. The van der Waals surface area contributed by atoms with Crippen molar-refractivity contribution in [3.63, 3.8) is 0 Å². The zero-order chi connectivity index (χ0) is 12.8. The van der Waals surface area contributed by atoms with E-state index in [2.05, 4.69) is 16.7 Å². The summed E-state index contributed by atoms with van der Waals surface area (Å²) in [5.74, 6) is -0.0629. The standard InChI is InChI=1S/C14H17ClN2O/c15-13-3-1-2-12(10-13)14(18)17-9-6-11-4-7-16-8-5-11/h1-4,10,16H,5-9H2,(H,17,18). The van der Waals surface area contributed by atoms with Gasteiger partial charge in [-0.3, -0.25) is 4.79 Å². The number of amides is 1. The van der Waals surface area contributed by atoms with Crippen molar-refractivity contribution in [1.82, 2.24) is 10.6 Å². The maximum atomic E-state index is 11.8. The van der Waals surface area contributed by atoms with Crippen molar-refractivity contribution in [2.45, 2.75) is 12.8 Å². The Morgan fingerprint density at radius 2 is 2.33 bits per heavy atom. The first-order chi connectivity index (χ1) is 8.75. The molecule has 0 spiro atoms. The van der Waals surface area contributed by atoms with E-state index in [1.807, 2.05) is 0 Å². The average Bonchev–Trinajstić information content (AvgIpc) is 2.40. The fraction of sp³-hybridized carbons (Fsp3) is 0.357. The summed E-state index contributed by atoms with van der Waals surface area (Å²) in [5, 5.41) is 6.77. The van der Waals surface area contributed by atoms with Gasteiger partial charge in [-0.1, -0.05) is 29.3 Å². The Morgan fingerprint density at radius 3 is 3.06 bits per heavy atom. The number of rotatable bonds is 4. The summed E-state index contributed by atoms with van der Waals surface area (Å²) in [6.07, 6.45) is 4.20. The van der Waals surface area contributed by atoms with E-state index in [9.17, 15) is 4.79 Å². The number of hydrogen-bond donors (Lipinski definition) is 2. The van der Waals surface area contributed by atoms with Crippen LogP contribution in [0, 0.1) is 0 Å². The molecule has 1 amide bonds. The molecule has 1 heterocycles. The van der Waals surface area contributed by atoms with Crippen LogP contribution >= 0.6 is 11.6 Å². The summed E-state index contributed by atoms with van der Waals surface area (Å²) < 4.78 is 0. The predicted octanol–water partition coefficient (Wildman–Crippen LogP) is 2.38. The van der Waals surface area contributed by atoms with E-state index in [0.717, 1.165) is 25.9 Å². The second-order valence-electron chi connectivity index (χ2n) is 4.33. The lowest BCUT2D eigenvalue weighted by Gasteiger charge is -2.14. The molecule has 96 valence electrons. The first kappa shape index (κ1) is 13.1. The minimum absolute atomic E-state index is 0.0629. The van der Waals surface area contributed by atoms with Crippen LogP contribution in [0.3, 0.4) is 0 Å². The van der Waals surface area contributed by atoms with E-state index in [0.29, 0.717) is 17.1 Å². The quantitative estimate of drug-likeness (QED) is 0.820. The van der Waals surface area contributed by atoms with Crippen molar-refractivity contribution in [2.75, 3.05) is 19.6 Å². The van der Waals surface area contributed by atoms with E-state index >= 15 is 0 Å². The summed E-state index contributed by atoms with van der Waals surface area (Å²) in [4.78, 5) is 11.8. The van der Waals surface area contributed by atoms with Crippen molar-refractivity contribution >= 4 is 17.5 Å². The second kappa shape index (κ2) is 6.57. The lowest BCUT2D eigenvalue weighted by molar-refractivity contribution is 0.0954. The van der Waals surface area contributed by atoms with Crippen LogP contribution < -0.4 is 10.6 Å². The zero-order valence-corrected chi connectivity index (χ0v) is 11.0. The van der Waals surface area contributed by atoms with Crippen LogP contribution in [0.1, 0.15) is 23.2 Å². The molecule has 2 N–H and O–H groups in total. The molecule has 0 fully saturated rings. The summed E-state index contributed by atoms with van der Waals surface area (Å²) in [7, 11) is 0. The lowest BCUT2D eigenvalue weighted by Crippen LogP contribution is -2.26. The second-order valence-corrected chi connectivity index (χ2v) is 4.77. The van der Waals surface area contributed by atoms with Gasteiger partial charge in [-0.2, -0.15) is 0 Å². The number of carbonyl (C=O) groups excluding carboxylic acids is 1. The molecule has 0 aliphatic carbocycles. The van der Waals surface area contributed by atoms with Gasteiger partial charge in [-0.15, -0.1) is 0 Å². The van der Waals surface area contributed by atoms with Gasteiger partial charge in [0.2, 0.25) is 0 Å². The predicted molar refractivity (Wildman–Crippen MR) is 74.0 cm³/mol. The Hall–Kier alpha value is -1.32. The highest BCUT2D eigenvalue weighted by atomic mass is 35.5. The monoisotopic (exact) mass is 264 g/mol. The molecule has 2 rings (SSSR count). The highest BCUT2D eigenvalue weighted by Gasteiger charge is 2.06. The van der Waals surface area contributed by atoms with Crippen LogP contribution in [0.5, 0.6) is 0 Å². The molecule has 0 radical (unpaired) electrons. The molecule has 4 heteroatoms. The van der Waals surface area contributed by atoms with Crippen LogP contribution in [0.2, 0.25) is 5.02 Å². The van der Waals surface area contributed by atoms with E-state index < -0.39 is 0 Å². The fourth-order valence-corrected chi connectivity index (χ4v) is 2.16. The molecule has 1 aliphatic heterocycles. The third-order valence-electron chi connectivity index (χ3n) is 2.98. The van der Waals surface area contributed by atoms with Gasteiger partial charge in [0.1, 0.15) is 0 Å². The molecule has 1 aliphatic rings. The molecule has 0 unspecified atom stereocenters. The van der Waals surface area contributed by atoms with Gasteiger partial charge in [0.25, 0.3) is 5.91 Å². The molecule has 18 heavy (non-hydrogen) atoms. The topological polar surface area (TPSA) is 41.1 Å². The van der Waals surface area contributed by atoms with Crippen LogP contribution in [-0.4, -0.2) is 25.5 Å². The number of carbonyl (C=O) groups is 1. The maximum absolute atomic E-state index is 11.8. The van der Waals surface area contributed by atoms with E-state index in [-0.39, 0.29) is 5.91 Å². The maximum Gasteiger partial charge on any atom is 0.251 e. The molecule has 0 bridgehead atoms. The van der Waals surface area contributed by atoms with Crippen molar-refractivity contribution in [1.29, 1.82) is 0 Å². The normalized spacial score (nSPS) is 15.1. The Labute approximate surface area is 112 Å². The SMILES string of the molecule is O=C(NCCC1=CCNCC1)c1cccc(Cl)c1. The minimum Gasteiger partial charge on any atom is -0.352 e. The van der Waals surface area contributed by atoms with Gasteiger partial charge < -0.3 is 10.6 Å². The highest BCUT2D eigenvalue weighted by Crippen LogP contribution is 2.11. The van der Waals surface area contributed by atoms with Crippen LogP contribution in [0.4, 0.5) is 0 Å². The molecule has 0 saturated heterocycles. The Balaban J connectivity index is 1.79. The zero-order valence-electron chi connectivity index (χ0n) is 10.2. The third kappa shape index (κ3) is 3.86.